The highest BCUT2D eigenvalue weighted by molar-refractivity contribution is 5.90. The van der Waals surface area contributed by atoms with Gasteiger partial charge in [-0.2, -0.15) is 0 Å². The van der Waals surface area contributed by atoms with Gasteiger partial charge in [0.1, 0.15) is 5.82 Å². The summed E-state index contributed by atoms with van der Waals surface area (Å²) in [6, 6.07) is 4.74. The average molecular weight is 277 g/mol. The number of rotatable bonds is 4. The van der Waals surface area contributed by atoms with Crippen molar-refractivity contribution in [2.45, 2.75) is 44.7 Å². The van der Waals surface area contributed by atoms with E-state index in [0.717, 1.165) is 18.7 Å². The van der Waals surface area contributed by atoms with Crippen LogP contribution in [-0.4, -0.2) is 37.2 Å². The molecule has 5 nitrogen and oxygen atoms in total. The number of pyridine rings is 1. The smallest absolute Gasteiger partial charge is 0.339 e. The van der Waals surface area contributed by atoms with Crippen LogP contribution in [0.4, 0.5) is 5.82 Å². The molecule has 1 heterocycles. The minimum Gasteiger partial charge on any atom is -0.465 e. The van der Waals surface area contributed by atoms with E-state index in [4.69, 9.17) is 4.74 Å². The van der Waals surface area contributed by atoms with E-state index in [1.165, 1.54) is 20.0 Å². The first-order valence-electron chi connectivity index (χ1n) is 7.13. The van der Waals surface area contributed by atoms with E-state index in [2.05, 4.69) is 15.6 Å². The maximum atomic E-state index is 11.5. The van der Waals surface area contributed by atoms with Gasteiger partial charge in [0.05, 0.1) is 18.4 Å². The Bertz CT molecular complexity index is 468. The number of carbonyl (C=O) groups excluding carboxylic acids is 1. The molecule has 0 aromatic carbocycles. The Morgan fingerprint density at radius 2 is 1.90 bits per heavy atom. The molecule has 2 N–H and O–H groups in total. The van der Waals surface area contributed by atoms with Crippen LogP contribution in [0.2, 0.25) is 0 Å². The summed E-state index contributed by atoms with van der Waals surface area (Å²) in [6.45, 7) is 1.83. The molecule has 0 unspecified atom stereocenters. The first-order valence-corrected chi connectivity index (χ1v) is 7.13. The Morgan fingerprint density at radius 1 is 1.25 bits per heavy atom. The lowest BCUT2D eigenvalue weighted by Gasteiger charge is -2.29. The van der Waals surface area contributed by atoms with Gasteiger partial charge < -0.3 is 15.4 Å². The monoisotopic (exact) mass is 277 g/mol. The van der Waals surface area contributed by atoms with Gasteiger partial charge in [0, 0.05) is 12.1 Å². The largest absolute Gasteiger partial charge is 0.465 e. The van der Waals surface area contributed by atoms with Gasteiger partial charge in [-0.15, -0.1) is 0 Å². The van der Waals surface area contributed by atoms with Gasteiger partial charge >= 0.3 is 5.97 Å². The second kappa shape index (κ2) is 6.70. The van der Waals surface area contributed by atoms with Crippen LogP contribution in [0.5, 0.6) is 0 Å². The third-order valence-electron chi connectivity index (χ3n) is 3.98. The number of carbonyl (C=O) groups is 1. The molecule has 1 aliphatic rings. The Hall–Kier alpha value is -1.62. The van der Waals surface area contributed by atoms with Crippen LogP contribution >= 0.6 is 0 Å². The molecule has 0 spiro atoms. The number of hydrogen-bond acceptors (Lipinski definition) is 5. The number of ether oxygens (including phenoxy) is 1. The number of hydrogen-bond donors (Lipinski definition) is 2. The first kappa shape index (κ1) is 14.8. The fourth-order valence-corrected chi connectivity index (χ4v) is 2.70. The van der Waals surface area contributed by atoms with Gasteiger partial charge in [-0.25, -0.2) is 9.78 Å². The van der Waals surface area contributed by atoms with Gasteiger partial charge in [0.2, 0.25) is 0 Å². The van der Waals surface area contributed by atoms with Crippen LogP contribution in [-0.2, 0) is 4.74 Å². The SMILES string of the molecule is CNC1CCC(Nc2ccc(C(=O)OC)c(C)n2)CC1. The predicted octanol–water partition coefficient (Wildman–Crippen LogP) is 2.12. The maximum absolute atomic E-state index is 11.5. The highest BCUT2D eigenvalue weighted by Gasteiger charge is 2.20. The summed E-state index contributed by atoms with van der Waals surface area (Å²) in [5, 5.41) is 6.79. The van der Waals surface area contributed by atoms with E-state index in [1.54, 1.807) is 6.07 Å². The number of esters is 1. The molecule has 2 rings (SSSR count). The van der Waals surface area contributed by atoms with Crippen molar-refractivity contribution in [3.05, 3.63) is 23.4 Å². The Labute approximate surface area is 120 Å². The molecule has 1 saturated carbocycles. The standard InChI is InChI=1S/C15H23N3O2/c1-10-13(15(19)20-3)8-9-14(17-10)18-12-6-4-11(16-2)5-7-12/h8-9,11-12,16H,4-7H2,1-3H3,(H,17,18). The van der Waals surface area contributed by atoms with Crippen molar-refractivity contribution in [3.63, 3.8) is 0 Å². The maximum Gasteiger partial charge on any atom is 0.339 e. The molecule has 1 aromatic rings. The number of methoxy groups -OCH3 is 1. The lowest BCUT2D eigenvalue weighted by atomic mass is 9.91. The number of nitrogens with zero attached hydrogens (tertiary/aromatic N) is 1. The van der Waals surface area contributed by atoms with E-state index in [0.29, 0.717) is 23.3 Å². The molecular formula is C15H23N3O2. The quantitative estimate of drug-likeness (QED) is 0.825. The Morgan fingerprint density at radius 3 is 2.45 bits per heavy atom. The zero-order chi connectivity index (χ0) is 14.5. The van der Waals surface area contributed by atoms with Crippen LogP contribution in [0.1, 0.15) is 41.7 Å². The molecule has 1 aliphatic carbocycles. The topological polar surface area (TPSA) is 63.2 Å². The van der Waals surface area contributed by atoms with Gasteiger partial charge in [-0.1, -0.05) is 0 Å². The summed E-state index contributed by atoms with van der Waals surface area (Å²) in [5.41, 5.74) is 1.22. The summed E-state index contributed by atoms with van der Waals surface area (Å²) < 4.78 is 4.72. The molecule has 0 saturated heterocycles. The normalized spacial score (nSPS) is 22.4. The van der Waals surface area contributed by atoms with Gasteiger partial charge in [-0.05, 0) is 51.8 Å². The average Bonchev–Trinajstić information content (AvgIpc) is 2.47. The second-order valence-corrected chi connectivity index (χ2v) is 5.30. The molecular weight excluding hydrogens is 254 g/mol. The van der Waals surface area contributed by atoms with Gasteiger partial charge in [-0.3, -0.25) is 0 Å². The lowest BCUT2D eigenvalue weighted by Crippen LogP contribution is -2.35. The number of aryl methyl sites for hydroxylation is 1. The Balaban J connectivity index is 1.97. The predicted molar refractivity (Wildman–Crippen MR) is 79.0 cm³/mol. The number of aromatic nitrogens is 1. The van der Waals surface area contributed by atoms with E-state index < -0.39 is 0 Å². The minimum atomic E-state index is -0.337. The third-order valence-corrected chi connectivity index (χ3v) is 3.98. The lowest BCUT2D eigenvalue weighted by molar-refractivity contribution is 0.0599. The summed E-state index contributed by atoms with van der Waals surface area (Å²) in [7, 11) is 3.41. The fraction of sp³-hybridized carbons (Fsp3) is 0.600. The highest BCUT2D eigenvalue weighted by Crippen LogP contribution is 2.22. The van der Waals surface area contributed by atoms with Crippen LogP contribution in [0.15, 0.2) is 12.1 Å². The van der Waals surface area contributed by atoms with Crippen LogP contribution in [0, 0.1) is 6.92 Å². The molecule has 0 aliphatic heterocycles. The molecule has 110 valence electrons. The van der Waals surface area contributed by atoms with E-state index in [-0.39, 0.29) is 5.97 Å². The highest BCUT2D eigenvalue weighted by atomic mass is 16.5. The van der Waals surface area contributed by atoms with E-state index in [1.807, 2.05) is 20.0 Å². The van der Waals surface area contributed by atoms with Gasteiger partial charge in [0.15, 0.2) is 0 Å². The summed E-state index contributed by atoms with van der Waals surface area (Å²) in [5.74, 6) is 0.499. The molecule has 20 heavy (non-hydrogen) atoms. The third kappa shape index (κ3) is 3.48. The van der Waals surface area contributed by atoms with Crippen molar-refractivity contribution in [3.8, 4) is 0 Å². The van der Waals surface area contributed by atoms with Crippen LogP contribution in [0.25, 0.3) is 0 Å². The van der Waals surface area contributed by atoms with E-state index in [9.17, 15) is 4.79 Å². The molecule has 1 aromatic heterocycles. The molecule has 0 bridgehead atoms. The Kier molecular flexibility index (Phi) is 4.95. The summed E-state index contributed by atoms with van der Waals surface area (Å²) in [4.78, 5) is 16.0. The summed E-state index contributed by atoms with van der Waals surface area (Å²) in [6.07, 6.45) is 4.66. The van der Waals surface area contributed by atoms with Crippen molar-refractivity contribution in [2.75, 3.05) is 19.5 Å². The van der Waals surface area contributed by atoms with Crippen molar-refractivity contribution >= 4 is 11.8 Å². The first-order chi connectivity index (χ1) is 9.63. The minimum absolute atomic E-state index is 0.337. The van der Waals surface area contributed by atoms with Crippen molar-refractivity contribution in [1.82, 2.24) is 10.3 Å². The second-order valence-electron chi connectivity index (χ2n) is 5.30. The number of nitrogens with one attached hydrogen (secondary N) is 2. The van der Waals surface area contributed by atoms with Crippen LogP contribution < -0.4 is 10.6 Å². The molecule has 0 atom stereocenters. The van der Waals surface area contributed by atoms with Gasteiger partial charge in [0.25, 0.3) is 0 Å². The van der Waals surface area contributed by atoms with Crippen LogP contribution in [0.3, 0.4) is 0 Å². The zero-order valence-corrected chi connectivity index (χ0v) is 12.4. The fourth-order valence-electron chi connectivity index (χ4n) is 2.70. The summed E-state index contributed by atoms with van der Waals surface area (Å²) >= 11 is 0. The van der Waals surface area contributed by atoms with E-state index >= 15 is 0 Å². The molecule has 1 fully saturated rings. The number of anilines is 1. The molecule has 0 radical (unpaired) electrons. The van der Waals surface area contributed by atoms with Crippen molar-refractivity contribution < 1.29 is 9.53 Å². The van der Waals surface area contributed by atoms with Crippen molar-refractivity contribution in [1.29, 1.82) is 0 Å². The molecule has 5 heteroatoms. The molecule has 0 amide bonds. The zero-order valence-electron chi connectivity index (χ0n) is 12.4. The van der Waals surface area contributed by atoms with Crippen molar-refractivity contribution in [2.24, 2.45) is 0 Å².